The van der Waals surface area contributed by atoms with Crippen molar-refractivity contribution in [1.29, 1.82) is 0 Å². The van der Waals surface area contributed by atoms with Crippen molar-refractivity contribution < 1.29 is 9.53 Å². The fourth-order valence-electron chi connectivity index (χ4n) is 2.46. The minimum Gasteiger partial charge on any atom is -0.448 e. The Morgan fingerprint density at radius 1 is 1.30 bits per heavy atom. The molecule has 3 rings (SSSR count). The molecule has 27 heavy (non-hydrogen) atoms. The highest BCUT2D eigenvalue weighted by molar-refractivity contribution is 5.85. The largest absolute Gasteiger partial charge is 0.448 e. The third kappa shape index (κ3) is 3.97. The van der Waals surface area contributed by atoms with Crippen LogP contribution in [0.15, 0.2) is 39.0 Å². The monoisotopic (exact) mass is 373 g/mol. The van der Waals surface area contributed by atoms with E-state index in [9.17, 15) is 14.4 Å². The lowest BCUT2D eigenvalue weighted by Gasteiger charge is -2.20. The molecule has 0 spiro atoms. The van der Waals surface area contributed by atoms with E-state index in [2.05, 4.69) is 20.6 Å². The molecule has 11 heteroatoms. The van der Waals surface area contributed by atoms with Crippen LogP contribution in [0.3, 0.4) is 0 Å². The molecule has 0 aliphatic carbocycles. The number of benzene rings is 1. The number of carbonyl (C=O) groups is 1. The van der Waals surface area contributed by atoms with Gasteiger partial charge in [-0.15, -0.1) is 10.2 Å². The standard InChI is InChI=1S/C16H19N7O4/c1-9(24)23-15(10-4-6-11(7-5-10)22(2)3)27-12(21-23)8-17-13-14(25)18-16(26)20-19-13/h4-7,15H,8H2,1-3H3,(H,17,19)(H2,18,20,25,26). The van der Waals surface area contributed by atoms with Crippen LogP contribution in [0.2, 0.25) is 0 Å². The van der Waals surface area contributed by atoms with Crippen LogP contribution in [-0.4, -0.2) is 52.6 Å². The Bertz CT molecular complexity index is 977. The zero-order chi connectivity index (χ0) is 19.6. The van der Waals surface area contributed by atoms with Gasteiger partial charge < -0.3 is 15.0 Å². The van der Waals surface area contributed by atoms with Gasteiger partial charge in [0.15, 0.2) is 0 Å². The number of hydrazone groups is 1. The quantitative estimate of drug-likeness (QED) is 0.662. The molecule has 1 aromatic carbocycles. The molecule has 1 aromatic heterocycles. The summed E-state index contributed by atoms with van der Waals surface area (Å²) in [7, 11) is 3.87. The number of anilines is 2. The van der Waals surface area contributed by atoms with E-state index in [0.29, 0.717) is 0 Å². The van der Waals surface area contributed by atoms with E-state index < -0.39 is 17.5 Å². The number of hydrogen-bond donors (Lipinski definition) is 3. The second kappa shape index (κ2) is 7.32. The summed E-state index contributed by atoms with van der Waals surface area (Å²) in [4.78, 5) is 38.6. The van der Waals surface area contributed by atoms with E-state index >= 15 is 0 Å². The van der Waals surface area contributed by atoms with Crippen LogP contribution in [0.25, 0.3) is 0 Å². The lowest BCUT2D eigenvalue weighted by Crippen LogP contribution is -2.28. The Kier molecular flexibility index (Phi) is 4.92. The predicted octanol–water partition coefficient (Wildman–Crippen LogP) is -0.173. The van der Waals surface area contributed by atoms with Crippen molar-refractivity contribution in [1.82, 2.24) is 20.2 Å². The fourth-order valence-corrected chi connectivity index (χ4v) is 2.46. The van der Waals surface area contributed by atoms with E-state index in [1.807, 2.05) is 48.2 Å². The van der Waals surface area contributed by atoms with Gasteiger partial charge in [0.2, 0.25) is 23.9 Å². The molecule has 1 amide bonds. The summed E-state index contributed by atoms with van der Waals surface area (Å²) in [5.74, 6) is -0.167. The van der Waals surface area contributed by atoms with Gasteiger partial charge in [-0.3, -0.25) is 14.6 Å². The average Bonchev–Trinajstić information content (AvgIpc) is 3.05. The van der Waals surface area contributed by atoms with Gasteiger partial charge in [0.25, 0.3) is 5.56 Å². The van der Waals surface area contributed by atoms with Gasteiger partial charge in [0.05, 0.1) is 6.54 Å². The summed E-state index contributed by atoms with van der Waals surface area (Å²) < 4.78 is 5.77. The molecule has 1 aliphatic heterocycles. The smallest absolute Gasteiger partial charge is 0.342 e. The zero-order valence-corrected chi connectivity index (χ0v) is 15.0. The normalized spacial score (nSPS) is 15.9. The molecule has 1 atom stereocenters. The number of rotatable bonds is 5. The third-order valence-electron chi connectivity index (χ3n) is 3.82. The van der Waals surface area contributed by atoms with Crippen molar-refractivity contribution in [3.05, 3.63) is 50.7 Å². The summed E-state index contributed by atoms with van der Waals surface area (Å²) in [5.41, 5.74) is 0.396. The number of hydrogen-bond acceptors (Lipinski definition) is 8. The predicted molar refractivity (Wildman–Crippen MR) is 98.5 cm³/mol. The number of ether oxygens (including phenoxy) is 1. The molecular weight excluding hydrogens is 354 g/mol. The maximum Gasteiger partial charge on any atom is 0.342 e. The van der Waals surface area contributed by atoms with Crippen molar-refractivity contribution >= 4 is 23.3 Å². The first-order valence-electron chi connectivity index (χ1n) is 8.09. The molecule has 1 unspecified atom stereocenters. The SMILES string of the molecule is CC(=O)N1N=C(CNc2n[nH]c(=O)[nH]c2=O)OC1c1ccc(N(C)C)cc1. The molecule has 0 saturated heterocycles. The number of nitrogens with zero attached hydrogens (tertiary/aromatic N) is 4. The van der Waals surface area contributed by atoms with E-state index in [1.165, 1.54) is 11.9 Å². The molecule has 0 fully saturated rings. The Balaban J connectivity index is 1.74. The van der Waals surface area contributed by atoms with Crippen molar-refractivity contribution in [2.75, 3.05) is 30.9 Å². The summed E-state index contributed by atoms with van der Waals surface area (Å²) >= 11 is 0. The number of H-pyrrole nitrogens is 2. The summed E-state index contributed by atoms with van der Waals surface area (Å²) in [6.45, 7) is 1.40. The van der Waals surface area contributed by atoms with Crippen molar-refractivity contribution in [2.24, 2.45) is 5.10 Å². The summed E-state index contributed by atoms with van der Waals surface area (Å²) in [5, 5.41) is 13.8. The first kappa shape index (κ1) is 18.2. The van der Waals surface area contributed by atoms with Crippen LogP contribution in [0.5, 0.6) is 0 Å². The molecule has 0 saturated carbocycles. The number of nitrogens with one attached hydrogen (secondary N) is 3. The van der Waals surface area contributed by atoms with E-state index in [0.717, 1.165) is 11.3 Å². The number of aromatic nitrogens is 3. The maximum atomic E-state index is 11.9. The molecule has 3 N–H and O–H groups in total. The highest BCUT2D eigenvalue weighted by Crippen LogP contribution is 2.29. The summed E-state index contributed by atoms with van der Waals surface area (Å²) in [6, 6.07) is 7.54. The minimum absolute atomic E-state index is 0.0121. The second-order valence-electron chi connectivity index (χ2n) is 6.02. The first-order valence-corrected chi connectivity index (χ1v) is 8.09. The Hall–Kier alpha value is -3.63. The average molecular weight is 373 g/mol. The van der Waals surface area contributed by atoms with E-state index in [1.54, 1.807) is 0 Å². The van der Waals surface area contributed by atoms with Gasteiger partial charge in [0, 0.05) is 32.3 Å². The minimum atomic E-state index is -0.705. The van der Waals surface area contributed by atoms with Crippen LogP contribution in [0.1, 0.15) is 18.7 Å². The van der Waals surface area contributed by atoms with Gasteiger partial charge >= 0.3 is 5.69 Å². The van der Waals surface area contributed by atoms with Gasteiger partial charge in [-0.1, -0.05) is 12.1 Å². The van der Waals surface area contributed by atoms with Gasteiger partial charge in [0.1, 0.15) is 0 Å². The van der Waals surface area contributed by atoms with Crippen molar-refractivity contribution in [3.63, 3.8) is 0 Å². The molecule has 142 valence electrons. The van der Waals surface area contributed by atoms with Crippen LogP contribution >= 0.6 is 0 Å². The van der Waals surface area contributed by atoms with Gasteiger partial charge in [-0.2, -0.15) is 5.01 Å². The molecule has 0 radical (unpaired) electrons. The second-order valence-corrected chi connectivity index (χ2v) is 6.02. The van der Waals surface area contributed by atoms with Crippen LogP contribution in [0.4, 0.5) is 11.5 Å². The fraction of sp³-hybridized carbons (Fsp3) is 0.312. The number of aromatic amines is 2. The molecule has 1 aliphatic rings. The number of carbonyl (C=O) groups excluding carboxylic acids is 1. The van der Waals surface area contributed by atoms with Crippen LogP contribution < -0.4 is 21.5 Å². The Morgan fingerprint density at radius 3 is 2.59 bits per heavy atom. The Labute approximate surface area is 153 Å². The van der Waals surface area contributed by atoms with Crippen LogP contribution in [-0.2, 0) is 9.53 Å². The maximum absolute atomic E-state index is 11.9. The van der Waals surface area contributed by atoms with E-state index in [4.69, 9.17) is 4.74 Å². The molecule has 2 aromatic rings. The third-order valence-corrected chi connectivity index (χ3v) is 3.82. The topological polar surface area (TPSA) is 136 Å². The highest BCUT2D eigenvalue weighted by Gasteiger charge is 2.32. The lowest BCUT2D eigenvalue weighted by atomic mass is 10.1. The van der Waals surface area contributed by atoms with Gasteiger partial charge in [-0.05, 0) is 12.1 Å². The zero-order valence-electron chi connectivity index (χ0n) is 15.0. The van der Waals surface area contributed by atoms with Crippen molar-refractivity contribution in [2.45, 2.75) is 13.2 Å². The molecule has 0 bridgehead atoms. The molecular formula is C16H19N7O4. The molecule has 2 heterocycles. The summed E-state index contributed by atoms with van der Waals surface area (Å²) in [6.07, 6.45) is -0.697. The highest BCUT2D eigenvalue weighted by atomic mass is 16.5. The van der Waals surface area contributed by atoms with Crippen molar-refractivity contribution in [3.8, 4) is 0 Å². The Morgan fingerprint density at radius 2 is 2.00 bits per heavy atom. The lowest BCUT2D eigenvalue weighted by molar-refractivity contribution is -0.135. The van der Waals surface area contributed by atoms with E-state index in [-0.39, 0.29) is 24.2 Å². The van der Waals surface area contributed by atoms with Gasteiger partial charge in [-0.25, -0.2) is 9.89 Å². The first-order chi connectivity index (χ1) is 12.8. The molecule has 11 nitrogen and oxygen atoms in total. The van der Waals surface area contributed by atoms with Crippen LogP contribution in [0, 0.1) is 0 Å². The number of amides is 1.